The molecule has 0 saturated carbocycles. The SMILES string of the molecule is CCCCC(=O)Nc1ccc(OC(C)(C)CCN2CCNCC2)cc1. The lowest BCUT2D eigenvalue weighted by molar-refractivity contribution is -0.116. The van der Waals surface area contributed by atoms with E-state index in [4.69, 9.17) is 4.74 Å². The predicted molar refractivity (Wildman–Crippen MR) is 103 cm³/mol. The van der Waals surface area contributed by atoms with E-state index >= 15 is 0 Å². The summed E-state index contributed by atoms with van der Waals surface area (Å²) in [5.74, 6) is 0.920. The van der Waals surface area contributed by atoms with Gasteiger partial charge < -0.3 is 20.3 Å². The molecule has 1 saturated heterocycles. The monoisotopic (exact) mass is 347 g/mol. The normalized spacial score (nSPS) is 15.8. The molecule has 2 rings (SSSR count). The van der Waals surface area contributed by atoms with E-state index in [-0.39, 0.29) is 11.5 Å². The van der Waals surface area contributed by atoms with Gasteiger partial charge >= 0.3 is 0 Å². The molecule has 1 heterocycles. The van der Waals surface area contributed by atoms with Crippen molar-refractivity contribution in [1.29, 1.82) is 0 Å². The fourth-order valence-corrected chi connectivity index (χ4v) is 2.90. The summed E-state index contributed by atoms with van der Waals surface area (Å²) >= 11 is 0. The highest BCUT2D eigenvalue weighted by Gasteiger charge is 2.22. The van der Waals surface area contributed by atoms with Crippen LogP contribution in [-0.4, -0.2) is 49.1 Å². The van der Waals surface area contributed by atoms with Gasteiger partial charge in [0.25, 0.3) is 0 Å². The predicted octanol–water partition coefficient (Wildman–Crippen LogP) is 3.27. The van der Waals surface area contributed by atoms with E-state index in [9.17, 15) is 4.79 Å². The number of amides is 1. The molecule has 0 aliphatic carbocycles. The van der Waals surface area contributed by atoms with E-state index < -0.39 is 0 Å². The Morgan fingerprint density at radius 2 is 1.92 bits per heavy atom. The molecule has 0 aromatic heterocycles. The summed E-state index contributed by atoms with van der Waals surface area (Å²) in [5.41, 5.74) is 0.614. The number of carbonyl (C=O) groups is 1. The van der Waals surface area contributed by atoms with Crippen LogP contribution in [0.2, 0.25) is 0 Å². The molecule has 1 aliphatic rings. The van der Waals surface area contributed by atoms with E-state index in [1.807, 2.05) is 24.3 Å². The van der Waals surface area contributed by atoms with E-state index in [1.165, 1.54) is 0 Å². The van der Waals surface area contributed by atoms with Crippen LogP contribution in [-0.2, 0) is 4.79 Å². The largest absolute Gasteiger partial charge is 0.488 e. The van der Waals surface area contributed by atoms with Gasteiger partial charge in [0, 0.05) is 44.8 Å². The molecule has 1 aromatic rings. The maximum absolute atomic E-state index is 11.8. The van der Waals surface area contributed by atoms with Gasteiger partial charge in [-0.05, 0) is 51.0 Å². The molecule has 0 bridgehead atoms. The van der Waals surface area contributed by atoms with Crippen LogP contribution in [0.3, 0.4) is 0 Å². The Morgan fingerprint density at radius 3 is 2.56 bits per heavy atom. The number of nitrogens with one attached hydrogen (secondary N) is 2. The number of anilines is 1. The second kappa shape index (κ2) is 9.78. The Balaban J connectivity index is 1.79. The van der Waals surface area contributed by atoms with Crippen molar-refractivity contribution in [3.8, 4) is 5.75 Å². The molecule has 1 amide bonds. The number of ether oxygens (including phenoxy) is 1. The van der Waals surface area contributed by atoms with Crippen molar-refractivity contribution in [2.24, 2.45) is 0 Å². The molecule has 2 N–H and O–H groups in total. The number of unbranched alkanes of at least 4 members (excludes halogenated alkanes) is 1. The number of carbonyl (C=O) groups excluding carboxylic acids is 1. The number of benzene rings is 1. The fourth-order valence-electron chi connectivity index (χ4n) is 2.90. The standard InChI is InChI=1S/C20H33N3O2/c1-4-5-6-19(24)22-17-7-9-18(10-8-17)25-20(2,3)11-14-23-15-12-21-13-16-23/h7-10,21H,4-6,11-16H2,1-3H3,(H,22,24). The zero-order valence-electron chi connectivity index (χ0n) is 15.9. The van der Waals surface area contributed by atoms with Crippen molar-refractivity contribution in [1.82, 2.24) is 10.2 Å². The zero-order valence-corrected chi connectivity index (χ0v) is 15.9. The summed E-state index contributed by atoms with van der Waals surface area (Å²) in [6.45, 7) is 11.8. The van der Waals surface area contributed by atoms with E-state index in [0.717, 1.165) is 63.4 Å². The average Bonchev–Trinajstić information content (AvgIpc) is 2.61. The van der Waals surface area contributed by atoms with Crippen molar-refractivity contribution >= 4 is 11.6 Å². The van der Waals surface area contributed by atoms with Crippen LogP contribution in [0.25, 0.3) is 0 Å². The lowest BCUT2D eigenvalue weighted by Crippen LogP contribution is -2.45. The minimum Gasteiger partial charge on any atom is -0.488 e. The molecule has 0 spiro atoms. The molecular formula is C20H33N3O2. The summed E-state index contributed by atoms with van der Waals surface area (Å²) in [4.78, 5) is 14.3. The maximum Gasteiger partial charge on any atom is 0.224 e. The quantitative estimate of drug-likeness (QED) is 0.720. The van der Waals surface area contributed by atoms with E-state index in [0.29, 0.717) is 6.42 Å². The molecule has 1 aromatic carbocycles. The van der Waals surface area contributed by atoms with Crippen LogP contribution >= 0.6 is 0 Å². The van der Waals surface area contributed by atoms with Gasteiger partial charge in [-0.3, -0.25) is 4.79 Å². The van der Waals surface area contributed by atoms with E-state index in [1.54, 1.807) is 0 Å². The molecule has 1 aliphatic heterocycles. The number of hydrogen-bond donors (Lipinski definition) is 2. The first-order valence-electron chi connectivity index (χ1n) is 9.50. The van der Waals surface area contributed by atoms with Crippen molar-refractivity contribution < 1.29 is 9.53 Å². The lowest BCUT2D eigenvalue weighted by Gasteiger charge is -2.32. The van der Waals surface area contributed by atoms with Crippen molar-refractivity contribution in [3.63, 3.8) is 0 Å². The van der Waals surface area contributed by atoms with E-state index in [2.05, 4.69) is 36.3 Å². The number of hydrogen-bond acceptors (Lipinski definition) is 4. The number of nitrogens with zero attached hydrogens (tertiary/aromatic N) is 1. The van der Waals surface area contributed by atoms with Crippen molar-refractivity contribution in [2.45, 2.75) is 52.1 Å². The maximum atomic E-state index is 11.8. The first-order valence-corrected chi connectivity index (χ1v) is 9.50. The van der Waals surface area contributed by atoms with Crippen LogP contribution < -0.4 is 15.4 Å². The van der Waals surface area contributed by atoms with Gasteiger partial charge in [0.2, 0.25) is 5.91 Å². The molecule has 0 radical (unpaired) electrons. The van der Waals surface area contributed by atoms with Crippen LogP contribution in [0.4, 0.5) is 5.69 Å². The number of piperazine rings is 1. The molecule has 5 heteroatoms. The second-order valence-corrected chi connectivity index (χ2v) is 7.38. The van der Waals surface area contributed by atoms with Gasteiger partial charge in [-0.1, -0.05) is 13.3 Å². The van der Waals surface area contributed by atoms with Crippen LogP contribution in [0.5, 0.6) is 5.75 Å². The highest BCUT2D eigenvalue weighted by molar-refractivity contribution is 5.90. The molecule has 25 heavy (non-hydrogen) atoms. The molecule has 5 nitrogen and oxygen atoms in total. The summed E-state index contributed by atoms with van der Waals surface area (Å²) in [6.07, 6.45) is 3.52. The van der Waals surface area contributed by atoms with Gasteiger partial charge in [0.15, 0.2) is 0 Å². The third kappa shape index (κ3) is 7.45. The summed E-state index contributed by atoms with van der Waals surface area (Å²) < 4.78 is 6.16. The van der Waals surface area contributed by atoms with Crippen LogP contribution in [0.15, 0.2) is 24.3 Å². The highest BCUT2D eigenvalue weighted by atomic mass is 16.5. The Kier molecular flexibility index (Phi) is 7.72. The van der Waals surface area contributed by atoms with Gasteiger partial charge in [0.1, 0.15) is 11.4 Å². The minimum atomic E-state index is -0.212. The Morgan fingerprint density at radius 1 is 1.24 bits per heavy atom. The topological polar surface area (TPSA) is 53.6 Å². The summed E-state index contributed by atoms with van der Waals surface area (Å²) in [5, 5.41) is 6.31. The van der Waals surface area contributed by atoms with Gasteiger partial charge in [-0.25, -0.2) is 0 Å². The van der Waals surface area contributed by atoms with Crippen molar-refractivity contribution in [3.05, 3.63) is 24.3 Å². The summed E-state index contributed by atoms with van der Waals surface area (Å²) in [7, 11) is 0. The lowest BCUT2D eigenvalue weighted by atomic mass is 10.0. The molecule has 1 fully saturated rings. The number of rotatable bonds is 9. The minimum absolute atomic E-state index is 0.0758. The molecule has 0 unspecified atom stereocenters. The third-order valence-electron chi connectivity index (χ3n) is 4.53. The van der Waals surface area contributed by atoms with Gasteiger partial charge in [-0.2, -0.15) is 0 Å². The van der Waals surface area contributed by atoms with Gasteiger partial charge in [-0.15, -0.1) is 0 Å². The highest BCUT2D eigenvalue weighted by Crippen LogP contribution is 2.23. The second-order valence-electron chi connectivity index (χ2n) is 7.38. The molecule has 0 atom stereocenters. The third-order valence-corrected chi connectivity index (χ3v) is 4.53. The molecule has 140 valence electrons. The first kappa shape index (κ1) is 19.7. The Labute approximate surface area is 152 Å². The Bertz CT molecular complexity index is 522. The van der Waals surface area contributed by atoms with Crippen LogP contribution in [0.1, 0.15) is 46.5 Å². The fraction of sp³-hybridized carbons (Fsp3) is 0.650. The molecular weight excluding hydrogens is 314 g/mol. The summed E-state index contributed by atoms with van der Waals surface area (Å²) in [6, 6.07) is 7.68. The average molecular weight is 348 g/mol. The first-order chi connectivity index (χ1) is 12.0. The van der Waals surface area contributed by atoms with Crippen molar-refractivity contribution in [2.75, 3.05) is 38.0 Å². The van der Waals surface area contributed by atoms with Crippen LogP contribution in [0, 0.1) is 0 Å². The van der Waals surface area contributed by atoms with Gasteiger partial charge in [0.05, 0.1) is 0 Å². The smallest absolute Gasteiger partial charge is 0.224 e. The Hall–Kier alpha value is -1.59. The zero-order chi connectivity index (χ0) is 18.1.